The Morgan fingerprint density at radius 3 is 3.08 bits per heavy atom. The zero-order valence-electron chi connectivity index (χ0n) is 7.38. The second-order valence-corrected chi connectivity index (χ2v) is 4.09. The number of carbonyl (C=O) groups excluding carboxylic acids is 1. The van der Waals surface area contributed by atoms with E-state index in [9.17, 15) is 4.79 Å². The highest BCUT2D eigenvalue weighted by Gasteiger charge is 2.08. The number of thioether (sulfide) groups is 1. The summed E-state index contributed by atoms with van der Waals surface area (Å²) in [6.07, 6.45) is 7.46. The van der Waals surface area contributed by atoms with E-state index < -0.39 is 0 Å². The summed E-state index contributed by atoms with van der Waals surface area (Å²) >= 11 is 1.83. The molecule has 0 aliphatic heterocycles. The second kappa shape index (κ2) is 5.20. The molecule has 0 atom stereocenters. The summed E-state index contributed by atoms with van der Waals surface area (Å²) in [6.45, 7) is 2.12. The van der Waals surface area contributed by atoms with Crippen molar-refractivity contribution in [3.8, 4) is 0 Å². The van der Waals surface area contributed by atoms with Crippen LogP contribution in [-0.4, -0.2) is 17.3 Å². The van der Waals surface area contributed by atoms with Crippen molar-refractivity contribution < 1.29 is 4.79 Å². The largest absolute Gasteiger partial charge is 0.295 e. The van der Waals surface area contributed by atoms with Gasteiger partial charge in [0.25, 0.3) is 0 Å². The number of rotatable bonds is 5. The molecule has 0 amide bonds. The highest BCUT2D eigenvalue weighted by atomic mass is 32.2. The monoisotopic (exact) mass is 182 g/mol. The first-order valence-corrected chi connectivity index (χ1v) is 5.46. The molecule has 66 valence electrons. The van der Waals surface area contributed by atoms with E-state index in [1.807, 2.05) is 30.0 Å². The molecule has 1 nitrogen and oxygen atoms in total. The van der Waals surface area contributed by atoms with Crippen molar-refractivity contribution in [1.29, 1.82) is 0 Å². The van der Waals surface area contributed by atoms with Gasteiger partial charge < -0.3 is 0 Å². The summed E-state index contributed by atoms with van der Waals surface area (Å²) in [7, 11) is 0. The molecule has 0 aromatic heterocycles. The number of carbonyl (C=O) groups is 1. The SMILES string of the molecule is CCSCCC(=O)C1=CC=CC1. The van der Waals surface area contributed by atoms with Crippen LogP contribution < -0.4 is 0 Å². The standard InChI is InChI=1S/C10H14OS/c1-2-12-8-7-10(11)9-5-3-4-6-9/h3-5H,2,6-8H2,1H3. The van der Waals surface area contributed by atoms with E-state index >= 15 is 0 Å². The molecule has 2 heteroatoms. The molecule has 0 fully saturated rings. The normalized spacial score (nSPS) is 14.9. The van der Waals surface area contributed by atoms with Crippen LogP contribution in [0.4, 0.5) is 0 Å². The van der Waals surface area contributed by atoms with Crippen molar-refractivity contribution in [2.24, 2.45) is 0 Å². The number of Topliss-reactive ketones (excluding diaryl/α,β-unsaturated/α-hetero) is 1. The molecule has 0 aromatic rings. The molecule has 0 aromatic carbocycles. The van der Waals surface area contributed by atoms with Crippen molar-refractivity contribution in [3.63, 3.8) is 0 Å². The quantitative estimate of drug-likeness (QED) is 0.608. The van der Waals surface area contributed by atoms with Gasteiger partial charge >= 0.3 is 0 Å². The van der Waals surface area contributed by atoms with Crippen molar-refractivity contribution in [2.45, 2.75) is 19.8 Å². The highest BCUT2D eigenvalue weighted by Crippen LogP contribution is 2.14. The maximum absolute atomic E-state index is 11.4. The molecular weight excluding hydrogens is 168 g/mol. The molecule has 1 rings (SSSR count). The fraction of sp³-hybridized carbons (Fsp3) is 0.500. The lowest BCUT2D eigenvalue weighted by molar-refractivity contribution is -0.115. The fourth-order valence-corrected chi connectivity index (χ4v) is 1.74. The Bertz CT molecular complexity index is 216. The molecule has 0 N–H and O–H groups in total. The Morgan fingerprint density at radius 1 is 1.67 bits per heavy atom. The van der Waals surface area contributed by atoms with Gasteiger partial charge in [-0.2, -0.15) is 11.8 Å². The van der Waals surface area contributed by atoms with E-state index in [0.29, 0.717) is 12.2 Å². The van der Waals surface area contributed by atoms with Crippen LogP contribution in [0.15, 0.2) is 23.8 Å². The topological polar surface area (TPSA) is 17.1 Å². The third-order valence-electron chi connectivity index (χ3n) is 1.81. The van der Waals surface area contributed by atoms with Crippen LogP contribution in [-0.2, 0) is 4.79 Å². The van der Waals surface area contributed by atoms with Gasteiger partial charge in [0, 0.05) is 12.2 Å². The summed E-state index contributed by atoms with van der Waals surface area (Å²) in [4.78, 5) is 11.4. The number of hydrogen-bond acceptors (Lipinski definition) is 2. The summed E-state index contributed by atoms with van der Waals surface area (Å²) in [5.41, 5.74) is 0.978. The maximum atomic E-state index is 11.4. The Morgan fingerprint density at radius 2 is 2.50 bits per heavy atom. The molecule has 1 aliphatic rings. The molecule has 0 heterocycles. The summed E-state index contributed by atoms with van der Waals surface area (Å²) < 4.78 is 0. The fourth-order valence-electron chi connectivity index (χ4n) is 1.12. The van der Waals surface area contributed by atoms with E-state index in [1.54, 1.807) is 0 Å². The average molecular weight is 182 g/mol. The Labute approximate surface area is 77.9 Å². The lowest BCUT2D eigenvalue weighted by atomic mass is 10.1. The summed E-state index contributed by atoms with van der Waals surface area (Å²) in [5, 5.41) is 0. The van der Waals surface area contributed by atoms with E-state index in [-0.39, 0.29) is 0 Å². The van der Waals surface area contributed by atoms with E-state index in [2.05, 4.69) is 6.92 Å². The van der Waals surface area contributed by atoms with Gasteiger partial charge in [-0.3, -0.25) is 4.79 Å². The molecule has 12 heavy (non-hydrogen) atoms. The molecule has 0 bridgehead atoms. The number of hydrogen-bond donors (Lipinski definition) is 0. The van der Waals surface area contributed by atoms with Crippen LogP contribution >= 0.6 is 11.8 Å². The van der Waals surface area contributed by atoms with Crippen molar-refractivity contribution in [2.75, 3.05) is 11.5 Å². The summed E-state index contributed by atoms with van der Waals surface area (Å²) in [5.74, 6) is 2.39. The van der Waals surface area contributed by atoms with Gasteiger partial charge in [-0.15, -0.1) is 0 Å². The van der Waals surface area contributed by atoms with Gasteiger partial charge in [-0.25, -0.2) is 0 Å². The zero-order chi connectivity index (χ0) is 8.81. The Hall–Kier alpha value is -0.500. The second-order valence-electron chi connectivity index (χ2n) is 2.69. The predicted octanol–water partition coefficient (Wildman–Crippen LogP) is 2.59. The smallest absolute Gasteiger partial charge is 0.159 e. The Kier molecular flexibility index (Phi) is 4.15. The van der Waals surface area contributed by atoms with Crippen LogP contribution in [0.5, 0.6) is 0 Å². The predicted molar refractivity (Wildman–Crippen MR) is 54.5 cm³/mol. The minimum atomic E-state index is 0.320. The number of allylic oxidation sites excluding steroid dienone is 4. The molecule has 0 saturated heterocycles. The molecule has 1 aliphatic carbocycles. The Balaban J connectivity index is 2.20. The van der Waals surface area contributed by atoms with Crippen LogP contribution in [0.3, 0.4) is 0 Å². The minimum Gasteiger partial charge on any atom is -0.295 e. The van der Waals surface area contributed by atoms with E-state index in [1.165, 1.54) is 0 Å². The maximum Gasteiger partial charge on any atom is 0.159 e. The first kappa shape index (κ1) is 9.59. The highest BCUT2D eigenvalue weighted by molar-refractivity contribution is 7.99. The van der Waals surface area contributed by atoms with Gasteiger partial charge in [0.1, 0.15) is 0 Å². The van der Waals surface area contributed by atoms with Gasteiger partial charge in [0.05, 0.1) is 0 Å². The number of ketones is 1. The molecule has 0 saturated carbocycles. The average Bonchev–Trinajstić information content (AvgIpc) is 2.56. The van der Waals surface area contributed by atoms with Crippen molar-refractivity contribution in [3.05, 3.63) is 23.8 Å². The van der Waals surface area contributed by atoms with Gasteiger partial charge in [0.2, 0.25) is 0 Å². The van der Waals surface area contributed by atoms with Gasteiger partial charge in [-0.05, 0) is 17.7 Å². The van der Waals surface area contributed by atoms with E-state index in [4.69, 9.17) is 0 Å². The molecule has 0 unspecified atom stereocenters. The van der Waals surface area contributed by atoms with Gasteiger partial charge in [0.15, 0.2) is 5.78 Å². The van der Waals surface area contributed by atoms with Crippen LogP contribution in [0, 0.1) is 0 Å². The minimum absolute atomic E-state index is 0.320. The molecule has 0 radical (unpaired) electrons. The molecule has 0 spiro atoms. The lowest BCUT2D eigenvalue weighted by Gasteiger charge is -1.99. The van der Waals surface area contributed by atoms with Crippen LogP contribution in [0.25, 0.3) is 0 Å². The van der Waals surface area contributed by atoms with Crippen LogP contribution in [0.2, 0.25) is 0 Å². The van der Waals surface area contributed by atoms with Crippen LogP contribution in [0.1, 0.15) is 19.8 Å². The van der Waals surface area contributed by atoms with E-state index in [0.717, 1.165) is 23.5 Å². The first-order valence-electron chi connectivity index (χ1n) is 4.31. The van der Waals surface area contributed by atoms with Gasteiger partial charge in [-0.1, -0.05) is 25.2 Å². The summed E-state index contributed by atoms with van der Waals surface area (Å²) in [6, 6.07) is 0. The molecular formula is C10H14OS. The lowest BCUT2D eigenvalue weighted by Crippen LogP contribution is -2.01. The third kappa shape index (κ3) is 2.86. The first-order chi connectivity index (χ1) is 5.84. The zero-order valence-corrected chi connectivity index (χ0v) is 8.19. The van der Waals surface area contributed by atoms with Crippen molar-refractivity contribution >= 4 is 17.5 Å². The van der Waals surface area contributed by atoms with Crippen molar-refractivity contribution in [1.82, 2.24) is 0 Å². The third-order valence-corrected chi connectivity index (χ3v) is 2.71.